The van der Waals surface area contributed by atoms with Crippen molar-refractivity contribution in [3.63, 3.8) is 0 Å². The quantitative estimate of drug-likeness (QED) is 0.613. The van der Waals surface area contributed by atoms with Crippen molar-refractivity contribution in [1.82, 2.24) is 14.7 Å². The molecule has 0 fully saturated rings. The van der Waals surface area contributed by atoms with Crippen LogP contribution >= 0.6 is 0 Å². The number of carbonyl (C=O) groups is 1. The average Bonchev–Trinajstić information content (AvgIpc) is 3.19. The second kappa shape index (κ2) is 6.15. The van der Waals surface area contributed by atoms with Crippen LogP contribution in [-0.4, -0.2) is 20.6 Å². The summed E-state index contributed by atoms with van der Waals surface area (Å²) >= 11 is 0. The fourth-order valence-electron chi connectivity index (χ4n) is 3.13. The fourth-order valence-corrected chi connectivity index (χ4v) is 3.13. The number of hydrogen-bond donors (Lipinski definition) is 1. The molecule has 6 nitrogen and oxygen atoms in total. The van der Waals surface area contributed by atoms with Gasteiger partial charge in [-0.05, 0) is 44.2 Å². The molecule has 6 heteroatoms. The summed E-state index contributed by atoms with van der Waals surface area (Å²) in [5.41, 5.74) is 10.4. The molecule has 0 bridgehead atoms. The van der Waals surface area contributed by atoms with Gasteiger partial charge in [-0.3, -0.25) is 4.79 Å². The van der Waals surface area contributed by atoms with Crippen molar-refractivity contribution < 1.29 is 9.32 Å². The molecule has 0 radical (unpaired) electrons. The third-order valence-electron chi connectivity index (χ3n) is 4.58. The summed E-state index contributed by atoms with van der Waals surface area (Å²) in [6, 6.07) is 13.5. The number of amides is 1. The van der Waals surface area contributed by atoms with Crippen molar-refractivity contribution in [3.8, 4) is 11.3 Å². The first-order valence-electron chi connectivity index (χ1n) is 8.31. The molecule has 26 heavy (non-hydrogen) atoms. The van der Waals surface area contributed by atoms with Gasteiger partial charge in [0, 0.05) is 28.2 Å². The van der Waals surface area contributed by atoms with E-state index in [4.69, 9.17) is 10.3 Å². The lowest BCUT2D eigenvalue weighted by atomic mass is 10.1. The summed E-state index contributed by atoms with van der Waals surface area (Å²) in [4.78, 5) is 15.7. The van der Waals surface area contributed by atoms with E-state index in [-0.39, 0.29) is 5.69 Å². The maximum absolute atomic E-state index is 11.4. The zero-order valence-electron chi connectivity index (χ0n) is 14.6. The van der Waals surface area contributed by atoms with Gasteiger partial charge in [-0.1, -0.05) is 17.3 Å². The van der Waals surface area contributed by atoms with Crippen molar-refractivity contribution in [1.29, 1.82) is 0 Å². The number of nitrogens with zero attached hydrogens (tertiary/aromatic N) is 3. The normalized spacial score (nSPS) is 11.2. The lowest BCUT2D eigenvalue weighted by molar-refractivity contribution is 0.0995. The SMILES string of the molecule is Cc1noc(C)c1Cn1ccc2cc(-c3cccc(C(N)=O)n3)ccc21. The fraction of sp³-hybridized carbons (Fsp3) is 0.150. The Morgan fingerprint density at radius 1 is 1.19 bits per heavy atom. The highest BCUT2D eigenvalue weighted by molar-refractivity contribution is 5.91. The minimum atomic E-state index is -0.529. The van der Waals surface area contributed by atoms with Crippen molar-refractivity contribution in [3.05, 3.63) is 71.4 Å². The van der Waals surface area contributed by atoms with Crippen molar-refractivity contribution in [2.75, 3.05) is 0 Å². The Morgan fingerprint density at radius 3 is 2.77 bits per heavy atom. The van der Waals surface area contributed by atoms with E-state index in [1.165, 1.54) is 0 Å². The van der Waals surface area contributed by atoms with Gasteiger partial charge in [0.2, 0.25) is 0 Å². The number of fused-ring (bicyclic) bond motifs is 1. The second-order valence-electron chi connectivity index (χ2n) is 6.29. The van der Waals surface area contributed by atoms with Crippen molar-refractivity contribution in [2.45, 2.75) is 20.4 Å². The molecule has 0 atom stereocenters. The zero-order chi connectivity index (χ0) is 18.3. The van der Waals surface area contributed by atoms with Gasteiger partial charge < -0.3 is 14.8 Å². The smallest absolute Gasteiger partial charge is 0.267 e. The largest absolute Gasteiger partial charge is 0.364 e. The Morgan fingerprint density at radius 2 is 2.04 bits per heavy atom. The molecular formula is C20H18N4O2. The molecule has 0 spiro atoms. The summed E-state index contributed by atoms with van der Waals surface area (Å²) in [7, 11) is 0. The number of hydrogen-bond acceptors (Lipinski definition) is 4. The minimum Gasteiger partial charge on any atom is -0.364 e. The predicted octanol–water partition coefficient (Wildman–Crippen LogP) is 3.46. The van der Waals surface area contributed by atoms with Crippen LogP contribution in [-0.2, 0) is 6.54 Å². The number of nitrogens with two attached hydrogens (primary N) is 1. The lowest BCUT2D eigenvalue weighted by Gasteiger charge is -2.07. The van der Waals surface area contributed by atoms with Gasteiger partial charge >= 0.3 is 0 Å². The number of pyridine rings is 1. The summed E-state index contributed by atoms with van der Waals surface area (Å²) < 4.78 is 7.42. The Bertz CT molecular complexity index is 1100. The first kappa shape index (κ1) is 16.1. The van der Waals surface area contributed by atoms with Crippen LogP contribution < -0.4 is 5.73 Å². The molecule has 0 aliphatic carbocycles. The molecule has 4 rings (SSSR count). The number of aromatic nitrogens is 3. The highest BCUT2D eigenvalue weighted by atomic mass is 16.5. The van der Waals surface area contributed by atoms with E-state index in [0.29, 0.717) is 6.54 Å². The highest BCUT2D eigenvalue weighted by Crippen LogP contribution is 2.25. The Hall–Kier alpha value is -3.41. The van der Waals surface area contributed by atoms with Crippen LogP contribution in [0, 0.1) is 13.8 Å². The van der Waals surface area contributed by atoms with Crippen LogP contribution in [0.1, 0.15) is 27.5 Å². The van der Waals surface area contributed by atoms with Gasteiger partial charge in [0.05, 0.1) is 17.9 Å². The molecular weight excluding hydrogens is 328 g/mol. The van der Waals surface area contributed by atoms with Crippen LogP contribution in [0.4, 0.5) is 0 Å². The Labute approximate surface area is 150 Å². The minimum absolute atomic E-state index is 0.263. The maximum atomic E-state index is 11.4. The third kappa shape index (κ3) is 2.75. The van der Waals surface area contributed by atoms with E-state index in [1.807, 2.05) is 32.2 Å². The molecule has 0 aliphatic rings. The second-order valence-corrected chi connectivity index (χ2v) is 6.29. The maximum Gasteiger partial charge on any atom is 0.267 e. The first-order chi connectivity index (χ1) is 12.5. The molecule has 1 amide bonds. The standard InChI is InChI=1S/C20H18N4O2/c1-12-16(13(2)26-23-12)11-24-9-8-15-10-14(6-7-19(15)24)17-4-3-5-18(22-17)20(21)25/h3-10H,11H2,1-2H3,(H2,21,25). The monoisotopic (exact) mass is 346 g/mol. The molecule has 3 aromatic heterocycles. The lowest BCUT2D eigenvalue weighted by Crippen LogP contribution is -2.12. The summed E-state index contributed by atoms with van der Waals surface area (Å²) in [6.45, 7) is 4.59. The van der Waals surface area contributed by atoms with Crippen molar-refractivity contribution >= 4 is 16.8 Å². The average molecular weight is 346 g/mol. The van der Waals surface area contributed by atoms with Gasteiger partial charge in [-0.2, -0.15) is 0 Å². The first-order valence-corrected chi connectivity index (χ1v) is 8.31. The molecule has 3 heterocycles. The van der Waals surface area contributed by atoms with E-state index in [0.717, 1.165) is 39.2 Å². The van der Waals surface area contributed by atoms with Gasteiger partial charge in [0.15, 0.2) is 0 Å². The summed E-state index contributed by atoms with van der Waals surface area (Å²) in [5, 5.41) is 5.12. The highest BCUT2D eigenvalue weighted by Gasteiger charge is 2.12. The van der Waals surface area contributed by atoms with E-state index >= 15 is 0 Å². The zero-order valence-corrected chi connectivity index (χ0v) is 14.6. The Kier molecular flexibility index (Phi) is 3.80. The Balaban J connectivity index is 1.72. The van der Waals surface area contributed by atoms with E-state index < -0.39 is 5.91 Å². The van der Waals surface area contributed by atoms with Gasteiger partial charge in [-0.25, -0.2) is 4.98 Å². The van der Waals surface area contributed by atoms with Crippen LogP contribution in [0.25, 0.3) is 22.2 Å². The van der Waals surface area contributed by atoms with Crippen LogP contribution in [0.5, 0.6) is 0 Å². The molecule has 2 N–H and O–H groups in total. The van der Waals surface area contributed by atoms with Crippen LogP contribution in [0.2, 0.25) is 0 Å². The van der Waals surface area contributed by atoms with E-state index in [9.17, 15) is 4.79 Å². The van der Waals surface area contributed by atoms with Crippen LogP contribution in [0.15, 0.2) is 53.2 Å². The van der Waals surface area contributed by atoms with Crippen molar-refractivity contribution in [2.24, 2.45) is 5.73 Å². The molecule has 0 saturated carbocycles. The molecule has 4 aromatic rings. The number of aryl methyl sites for hydroxylation is 2. The number of carbonyl (C=O) groups excluding carboxylic acids is 1. The number of benzene rings is 1. The molecule has 0 unspecified atom stereocenters. The molecule has 0 aliphatic heterocycles. The number of rotatable bonds is 4. The molecule has 0 saturated heterocycles. The number of primary amides is 1. The van der Waals surface area contributed by atoms with Gasteiger partial charge in [-0.15, -0.1) is 0 Å². The van der Waals surface area contributed by atoms with Gasteiger partial charge in [0.25, 0.3) is 5.91 Å². The summed E-state index contributed by atoms with van der Waals surface area (Å²) in [5.74, 6) is 0.312. The topological polar surface area (TPSA) is 86.9 Å². The molecule has 130 valence electrons. The molecule has 1 aromatic carbocycles. The summed E-state index contributed by atoms with van der Waals surface area (Å²) in [6.07, 6.45) is 2.05. The van der Waals surface area contributed by atoms with E-state index in [2.05, 4.69) is 32.9 Å². The van der Waals surface area contributed by atoms with E-state index in [1.54, 1.807) is 12.1 Å². The van der Waals surface area contributed by atoms with Gasteiger partial charge in [0.1, 0.15) is 11.5 Å². The third-order valence-corrected chi connectivity index (χ3v) is 4.58. The predicted molar refractivity (Wildman–Crippen MR) is 98.8 cm³/mol. The van der Waals surface area contributed by atoms with Crippen LogP contribution in [0.3, 0.4) is 0 Å².